The molecular formula is C18H24N2O2S2. The van der Waals surface area contributed by atoms with Gasteiger partial charge in [0.2, 0.25) is 0 Å². The monoisotopic (exact) mass is 364 g/mol. The lowest BCUT2D eigenvalue weighted by Crippen LogP contribution is -2.34. The van der Waals surface area contributed by atoms with Crippen LogP contribution in [0.25, 0.3) is 10.2 Å². The molecule has 0 bridgehead atoms. The first-order valence-corrected chi connectivity index (χ1v) is 10.0. The zero-order chi connectivity index (χ0) is 17.5. The lowest BCUT2D eigenvalue weighted by Gasteiger charge is -2.32. The largest absolute Gasteiger partial charge is 0.369 e. The number of nitrogens with zero attached hydrogens (tertiary/aromatic N) is 2. The maximum absolute atomic E-state index is 13.2. The van der Waals surface area contributed by atoms with Gasteiger partial charge in [-0.05, 0) is 18.9 Å². The fourth-order valence-electron chi connectivity index (χ4n) is 2.95. The Morgan fingerprint density at radius 3 is 2.92 bits per heavy atom. The van der Waals surface area contributed by atoms with Gasteiger partial charge >= 0.3 is 0 Å². The molecule has 0 saturated heterocycles. The third kappa shape index (κ3) is 3.07. The van der Waals surface area contributed by atoms with E-state index < -0.39 is 0 Å². The van der Waals surface area contributed by atoms with Gasteiger partial charge in [0.05, 0.1) is 17.6 Å². The zero-order valence-corrected chi connectivity index (χ0v) is 16.4. The van der Waals surface area contributed by atoms with Crippen molar-refractivity contribution >= 4 is 33.3 Å². The van der Waals surface area contributed by atoms with Crippen LogP contribution in [0.15, 0.2) is 22.6 Å². The summed E-state index contributed by atoms with van der Waals surface area (Å²) in [5.74, 6) is 0. The Labute approximate surface area is 150 Å². The van der Waals surface area contributed by atoms with E-state index in [1.807, 2.05) is 0 Å². The van der Waals surface area contributed by atoms with Crippen LogP contribution in [0.3, 0.4) is 0 Å². The van der Waals surface area contributed by atoms with E-state index in [9.17, 15) is 4.79 Å². The summed E-state index contributed by atoms with van der Waals surface area (Å²) >= 11 is 3.23. The molecule has 4 nitrogen and oxygen atoms in total. The SMILES string of the molecule is C=CCn1c(SC(C)C)nc2sc3c(c2c1=O)CC(C)(CC)OC3. The molecule has 0 N–H and O–H groups in total. The first kappa shape index (κ1) is 17.7. The van der Waals surface area contributed by atoms with Gasteiger partial charge < -0.3 is 4.74 Å². The van der Waals surface area contributed by atoms with Crippen LogP contribution in [0.4, 0.5) is 0 Å². The fraction of sp³-hybridized carbons (Fsp3) is 0.556. The number of hydrogen-bond donors (Lipinski definition) is 0. The van der Waals surface area contributed by atoms with Crippen molar-refractivity contribution in [3.05, 3.63) is 33.4 Å². The van der Waals surface area contributed by atoms with Gasteiger partial charge in [-0.3, -0.25) is 9.36 Å². The molecule has 24 heavy (non-hydrogen) atoms. The second kappa shape index (κ2) is 6.65. The Bertz CT molecular complexity index is 838. The first-order valence-electron chi connectivity index (χ1n) is 8.35. The molecule has 1 unspecified atom stereocenters. The Balaban J connectivity index is 2.22. The Kier molecular flexibility index (Phi) is 4.91. The van der Waals surface area contributed by atoms with E-state index >= 15 is 0 Å². The van der Waals surface area contributed by atoms with Crippen molar-refractivity contribution in [2.75, 3.05) is 0 Å². The average molecular weight is 365 g/mol. The van der Waals surface area contributed by atoms with Gasteiger partial charge in [-0.15, -0.1) is 17.9 Å². The molecule has 0 fully saturated rings. The maximum atomic E-state index is 13.2. The van der Waals surface area contributed by atoms with E-state index in [1.165, 1.54) is 0 Å². The highest BCUT2D eigenvalue weighted by Crippen LogP contribution is 2.39. The molecule has 0 aromatic carbocycles. The van der Waals surface area contributed by atoms with E-state index in [0.717, 1.165) is 38.7 Å². The van der Waals surface area contributed by atoms with Crippen molar-refractivity contribution in [2.24, 2.45) is 0 Å². The van der Waals surface area contributed by atoms with E-state index in [1.54, 1.807) is 33.7 Å². The molecule has 3 heterocycles. The molecule has 1 aliphatic rings. The molecule has 0 amide bonds. The number of rotatable bonds is 5. The summed E-state index contributed by atoms with van der Waals surface area (Å²) in [4.78, 5) is 20.0. The molecule has 2 aromatic heterocycles. The summed E-state index contributed by atoms with van der Waals surface area (Å²) in [6, 6.07) is 0. The molecule has 0 aliphatic carbocycles. The van der Waals surface area contributed by atoms with E-state index in [-0.39, 0.29) is 11.2 Å². The highest BCUT2D eigenvalue weighted by atomic mass is 32.2. The lowest BCUT2D eigenvalue weighted by atomic mass is 9.90. The molecule has 0 saturated carbocycles. The van der Waals surface area contributed by atoms with Crippen LogP contribution in [0, 0.1) is 0 Å². The predicted molar refractivity (Wildman–Crippen MR) is 102 cm³/mol. The van der Waals surface area contributed by atoms with Crippen molar-refractivity contribution in [1.29, 1.82) is 0 Å². The van der Waals surface area contributed by atoms with E-state index in [2.05, 4.69) is 34.3 Å². The number of ether oxygens (including phenoxy) is 1. The van der Waals surface area contributed by atoms with Crippen LogP contribution in [0.1, 0.15) is 44.6 Å². The van der Waals surface area contributed by atoms with Gasteiger partial charge in [-0.2, -0.15) is 0 Å². The topological polar surface area (TPSA) is 44.1 Å². The molecule has 1 atom stereocenters. The summed E-state index contributed by atoms with van der Waals surface area (Å²) in [5.41, 5.74) is 1.00. The van der Waals surface area contributed by atoms with Crippen molar-refractivity contribution in [3.8, 4) is 0 Å². The van der Waals surface area contributed by atoms with Gasteiger partial charge in [-0.1, -0.05) is 38.6 Å². The Morgan fingerprint density at radius 2 is 2.29 bits per heavy atom. The molecule has 0 radical (unpaired) electrons. The minimum atomic E-state index is -0.192. The van der Waals surface area contributed by atoms with Crippen LogP contribution in [0.2, 0.25) is 0 Å². The maximum Gasteiger partial charge on any atom is 0.263 e. The van der Waals surface area contributed by atoms with E-state index in [4.69, 9.17) is 9.72 Å². The third-order valence-corrected chi connectivity index (χ3v) is 6.56. The molecule has 2 aromatic rings. The highest BCUT2D eigenvalue weighted by Gasteiger charge is 2.33. The standard InChI is InChI=1S/C18H24N2O2S2/c1-6-8-20-16(21)14-12-9-18(5,7-2)22-10-13(12)24-15(14)19-17(20)23-11(3)4/h6,11H,1,7-10H2,2-5H3. The van der Waals surface area contributed by atoms with Crippen LogP contribution in [-0.2, 0) is 24.3 Å². The summed E-state index contributed by atoms with van der Waals surface area (Å²) in [5, 5.41) is 1.93. The molecule has 0 spiro atoms. The number of thioether (sulfide) groups is 1. The first-order chi connectivity index (χ1) is 11.4. The normalized spacial score (nSPS) is 20.5. The van der Waals surface area contributed by atoms with Gasteiger partial charge in [0, 0.05) is 23.1 Å². The van der Waals surface area contributed by atoms with Crippen LogP contribution < -0.4 is 5.56 Å². The van der Waals surface area contributed by atoms with E-state index in [0.29, 0.717) is 18.4 Å². The second-order valence-electron chi connectivity index (χ2n) is 6.72. The van der Waals surface area contributed by atoms with Crippen LogP contribution in [0.5, 0.6) is 0 Å². The molecular weight excluding hydrogens is 340 g/mol. The minimum Gasteiger partial charge on any atom is -0.369 e. The Morgan fingerprint density at radius 1 is 1.54 bits per heavy atom. The van der Waals surface area contributed by atoms with Crippen LogP contribution in [-0.4, -0.2) is 20.4 Å². The number of hydrogen-bond acceptors (Lipinski definition) is 5. The molecule has 3 rings (SSSR count). The van der Waals surface area contributed by atoms with Gasteiger partial charge in [0.25, 0.3) is 5.56 Å². The second-order valence-corrected chi connectivity index (χ2v) is 9.35. The summed E-state index contributed by atoms with van der Waals surface area (Å²) < 4.78 is 7.79. The zero-order valence-electron chi connectivity index (χ0n) is 14.7. The summed E-state index contributed by atoms with van der Waals surface area (Å²) in [6.07, 6.45) is 3.47. The summed E-state index contributed by atoms with van der Waals surface area (Å²) in [6.45, 7) is 13.3. The van der Waals surface area contributed by atoms with Gasteiger partial charge in [0.1, 0.15) is 4.83 Å². The predicted octanol–water partition coefficient (Wildman–Crippen LogP) is 4.39. The van der Waals surface area contributed by atoms with Gasteiger partial charge in [0.15, 0.2) is 5.16 Å². The van der Waals surface area contributed by atoms with Crippen molar-refractivity contribution in [2.45, 2.75) is 69.7 Å². The third-order valence-electron chi connectivity index (χ3n) is 4.46. The fourth-order valence-corrected chi connectivity index (χ4v) is 4.95. The quantitative estimate of drug-likeness (QED) is 0.448. The number of thiophene rings is 1. The summed E-state index contributed by atoms with van der Waals surface area (Å²) in [7, 11) is 0. The highest BCUT2D eigenvalue weighted by molar-refractivity contribution is 7.99. The van der Waals surface area contributed by atoms with Crippen molar-refractivity contribution < 1.29 is 4.74 Å². The average Bonchev–Trinajstić information content (AvgIpc) is 2.88. The van der Waals surface area contributed by atoms with Crippen molar-refractivity contribution in [3.63, 3.8) is 0 Å². The lowest BCUT2D eigenvalue weighted by molar-refractivity contribution is -0.0543. The number of fused-ring (bicyclic) bond motifs is 3. The molecule has 1 aliphatic heterocycles. The van der Waals surface area contributed by atoms with Crippen LogP contribution >= 0.6 is 23.1 Å². The number of allylic oxidation sites excluding steroid dienone is 1. The Hall–Kier alpha value is -1.11. The van der Waals surface area contributed by atoms with Gasteiger partial charge in [-0.25, -0.2) is 4.98 Å². The molecule has 6 heteroatoms. The number of aromatic nitrogens is 2. The smallest absolute Gasteiger partial charge is 0.263 e. The minimum absolute atomic E-state index is 0.0564. The van der Waals surface area contributed by atoms with Crippen molar-refractivity contribution in [1.82, 2.24) is 9.55 Å². The molecule has 130 valence electrons.